The van der Waals surface area contributed by atoms with E-state index in [-0.39, 0.29) is 0 Å². The van der Waals surface area contributed by atoms with Crippen molar-refractivity contribution in [2.75, 3.05) is 26.2 Å². The molecule has 1 N–H and O–H groups in total. The summed E-state index contributed by atoms with van der Waals surface area (Å²) < 4.78 is 2.18. The Balaban J connectivity index is 1.53. The molecule has 18 heavy (non-hydrogen) atoms. The lowest BCUT2D eigenvalue weighted by Gasteiger charge is -2.30. The molecule has 2 rings (SSSR count). The monoisotopic (exact) mass is 249 g/mol. The van der Waals surface area contributed by atoms with E-state index in [4.69, 9.17) is 0 Å². The molecule has 0 aromatic carbocycles. The lowest BCUT2D eigenvalue weighted by Crippen LogP contribution is -2.34. The van der Waals surface area contributed by atoms with Crippen molar-refractivity contribution < 1.29 is 0 Å². The van der Waals surface area contributed by atoms with Crippen LogP contribution in [0.4, 0.5) is 0 Å². The molecular formula is C15H27N3. The normalized spacial score (nSPS) is 18.3. The highest BCUT2D eigenvalue weighted by atomic mass is 15.1. The predicted octanol–water partition coefficient (Wildman–Crippen LogP) is 2.24. The van der Waals surface area contributed by atoms with Crippen LogP contribution in [0.15, 0.2) is 18.3 Å². The second-order valence-corrected chi connectivity index (χ2v) is 5.66. The third-order valence-corrected chi connectivity index (χ3v) is 4.06. The van der Waals surface area contributed by atoms with Gasteiger partial charge in [0, 0.05) is 25.5 Å². The average Bonchev–Trinajstić information content (AvgIpc) is 2.77. The van der Waals surface area contributed by atoms with E-state index >= 15 is 0 Å². The van der Waals surface area contributed by atoms with E-state index in [0.29, 0.717) is 0 Å². The van der Waals surface area contributed by atoms with Gasteiger partial charge in [-0.05, 0) is 63.5 Å². The Bertz CT molecular complexity index is 337. The Hall–Kier alpha value is -0.800. The van der Waals surface area contributed by atoms with Crippen LogP contribution in [0.2, 0.25) is 0 Å². The second-order valence-electron chi connectivity index (χ2n) is 5.66. The van der Waals surface area contributed by atoms with Crippen molar-refractivity contribution in [3.05, 3.63) is 24.0 Å². The van der Waals surface area contributed by atoms with Crippen LogP contribution in [-0.2, 0) is 13.6 Å². The van der Waals surface area contributed by atoms with Gasteiger partial charge in [0.2, 0.25) is 0 Å². The summed E-state index contributed by atoms with van der Waals surface area (Å²) >= 11 is 0. The summed E-state index contributed by atoms with van der Waals surface area (Å²) in [5, 5.41) is 3.53. The summed E-state index contributed by atoms with van der Waals surface area (Å²) in [5.74, 6) is 0.941. The fourth-order valence-electron chi connectivity index (χ4n) is 2.61. The van der Waals surface area contributed by atoms with Crippen LogP contribution < -0.4 is 5.32 Å². The number of likely N-dealkylation sites (tertiary alicyclic amines) is 1. The first-order chi connectivity index (χ1) is 8.75. The van der Waals surface area contributed by atoms with Gasteiger partial charge in [-0.2, -0.15) is 0 Å². The van der Waals surface area contributed by atoms with Gasteiger partial charge in [-0.1, -0.05) is 6.92 Å². The summed E-state index contributed by atoms with van der Waals surface area (Å²) in [6, 6.07) is 4.28. The lowest BCUT2D eigenvalue weighted by atomic mass is 9.99. The van der Waals surface area contributed by atoms with Crippen LogP contribution in [0.1, 0.15) is 31.9 Å². The van der Waals surface area contributed by atoms with E-state index in [2.05, 4.69) is 47.1 Å². The molecule has 1 aliphatic heterocycles. The topological polar surface area (TPSA) is 20.2 Å². The maximum Gasteiger partial charge on any atom is 0.0359 e. The lowest BCUT2D eigenvalue weighted by molar-refractivity contribution is 0.190. The minimum atomic E-state index is 0.941. The third-order valence-electron chi connectivity index (χ3n) is 4.06. The van der Waals surface area contributed by atoms with Gasteiger partial charge in [-0.25, -0.2) is 0 Å². The molecule has 102 valence electrons. The average molecular weight is 249 g/mol. The summed E-state index contributed by atoms with van der Waals surface area (Å²) in [6.45, 7) is 8.35. The highest BCUT2D eigenvalue weighted by Crippen LogP contribution is 2.15. The first kappa shape index (κ1) is 13.6. The summed E-state index contributed by atoms with van der Waals surface area (Å²) in [7, 11) is 2.10. The van der Waals surface area contributed by atoms with E-state index in [1.807, 2.05) is 0 Å². The molecular weight excluding hydrogens is 222 g/mol. The maximum absolute atomic E-state index is 3.53. The number of piperidine rings is 1. The Morgan fingerprint density at radius 2 is 2.11 bits per heavy atom. The fraction of sp³-hybridized carbons (Fsp3) is 0.733. The molecule has 3 heteroatoms. The molecule has 1 aromatic rings. The van der Waals surface area contributed by atoms with E-state index < -0.39 is 0 Å². The zero-order valence-corrected chi connectivity index (χ0v) is 11.9. The molecule has 0 atom stereocenters. The van der Waals surface area contributed by atoms with Gasteiger partial charge in [0.25, 0.3) is 0 Å². The van der Waals surface area contributed by atoms with Crippen LogP contribution in [0.25, 0.3) is 0 Å². The Morgan fingerprint density at radius 1 is 1.33 bits per heavy atom. The van der Waals surface area contributed by atoms with E-state index in [1.54, 1.807) is 0 Å². The number of hydrogen-bond donors (Lipinski definition) is 1. The SMILES string of the molecule is CC1CCN(CCCNCc2cccn2C)CC1. The quantitative estimate of drug-likeness (QED) is 0.780. The number of aromatic nitrogens is 1. The molecule has 0 bridgehead atoms. The van der Waals surface area contributed by atoms with Gasteiger partial charge in [-0.3, -0.25) is 0 Å². The van der Waals surface area contributed by atoms with Crippen LogP contribution in [0.3, 0.4) is 0 Å². The minimum absolute atomic E-state index is 0.941. The zero-order chi connectivity index (χ0) is 12.8. The standard InChI is InChI=1S/C15H27N3/c1-14-6-11-18(12-7-14)10-4-8-16-13-15-5-3-9-17(15)2/h3,5,9,14,16H,4,6-8,10-13H2,1-2H3. The van der Waals surface area contributed by atoms with Crippen molar-refractivity contribution in [3.63, 3.8) is 0 Å². The van der Waals surface area contributed by atoms with Crippen molar-refractivity contribution >= 4 is 0 Å². The molecule has 1 saturated heterocycles. The molecule has 0 radical (unpaired) electrons. The minimum Gasteiger partial charge on any atom is -0.353 e. The predicted molar refractivity (Wildman–Crippen MR) is 76.6 cm³/mol. The Kier molecular flexibility index (Phi) is 5.26. The molecule has 0 amide bonds. The van der Waals surface area contributed by atoms with Gasteiger partial charge in [0.1, 0.15) is 0 Å². The molecule has 2 heterocycles. The van der Waals surface area contributed by atoms with E-state index in [1.165, 1.54) is 44.6 Å². The number of nitrogens with one attached hydrogen (secondary N) is 1. The molecule has 0 spiro atoms. The Labute approximate surface area is 111 Å². The van der Waals surface area contributed by atoms with Crippen molar-refractivity contribution in [2.45, 2.75) is 32.7 Å². The van der Waals surface area contributed by atoms with E-state index in [0.717, 1.165) is 19.0 Å². The highest BCUT2D eigenvalue weighted by molar-refractivity contribution is 5.05. The van der Waals surface area contributed by atoms with Crippen molar-refractivity contribution in [2.24, 2.45) is 13.0 Å². The van der Waals surface area contributed by atoms with Gasteiger partial charge < -0.3 is 14.8 Å². The fourth-order valence-corrected chi connectivity index (χ4v) is 2.61. The molecule has 3 nitrogen and oxygen atoms in total. The number of hydrogen-bond acceptors (Lipinski definition) is 2. The molecule has 1 aliphatic rings. The zero-order valence-electron chi connectivity index (χ0n) is 11.9. The molecule has 0 saturated carbocycles. The second kappa shape index (κ2) is 6.95. The van der Waals surface area contributed by atoms with Crippen LogP contribution in [0, 0.1) is 5.92 Å². The van der Waals surface area contributed by atoms with Crippen molar-refractivity contribution in [3.8, 4) is 0 Å². The van der Waals surface area contributed by atoms with Crippen LogP contribution in [-0.4, -0.2) is 35.6 Å². The van der Waals surface area contributed by atoms with Crippen LogP contribution in [0.5, 0.6) is 0 Å². The Morgan fingerprint density at radius 3 is 2.78 bits per heavy atom. The van der Waals surface area contributed by atoms with Gasteiger partial charge in [0.15, 0.2) is 0 Å². The first-order valence-corrected chi connectivity index (χ1v) is 7.29. The molecule has 0 aliphatic carbocycles. The van der Waals surface area contributed by atoms with Crippen molar-refractivity contribution in [1.29, 1.82) is 0 Å². The molecule has 0 unspecified atom stereocenters. The summed E-state index contributed by atoms with van der Waals surface area (Å²) in [5.41, 5.74) is 1.36. The summed E-state index contributed by atoms with van der Waals surface area (Å²) in [6.07, 6.45) is 6.14. The van der Waals surface area contributed by atoms with Crippen molar-refractivity contribution in [1.82, 2.24) is 14.8 Å². The first-order valence-electron chi connectivity index (χ1n) is 7.29. The van der Waals surface area contributed by atoms with Gasteiger partial charge >= 0.3 is 0 Å². The van der Waals surface area contributed by atoms with Gasteiger partial charge in [-0.15, -0.1) is 0 Å². The number of nitrogens with zero attached hydrogens (tertiary/aromatic N) is 2. The largest absolute Gasteiger partial charge is 0.353 e. The third kappa shape index (κ3) is 4.14. The smallest absolute Gasteiger partial charge is 0.0359 e. The molecule has 1 aromatic heterocycles. The number of aryl methyl sites for hydroxylation is 1. The van der Waals surface area contributed by atoms with Crippen LogP contribution >= 0.6 is 0 Å². The summed E-state index contributed by atoms with van der Waals surface area (Å²) in [4.78, 5) is 2.62. The van der Waals surface area contributed by atoms with E-state index in [9.17, 15) is 0 Å². The van der Waals surface area contributed by atoms with Gasteiger partial charge in [0.05, 0.1) is 0 Å². The highest BCUT2D eigenvalue weighted by Gasteiger charge is 2.14. The maximum atomic E-state index is 3.53. The number of rotatable bonds is 6. The molecule has 1 fully saturated rings.